The van der Waals surface area contributed by atoms with Gasteiger partial charge in [0.1, 0.15) is 18.5 Å². The quantitative estimate of drug-likeness (QED) is 0.646. The molecule has 1 unspecified atom stereocenters. The van der Waals surface area contributed by atoms with Gasteiger partial charge in [-0.2, -0.15) is 5.26 Å². The van der Waals surface area contributed by atoms with Crippen LogP contribution in [0, 0.1) is 11.3 Å². The van der Waals surface area contributed by atoms with Crippen molar-refractivity contribution in [2.75, 3.05) is 26.2 Å². The van der Waals surface area contributed by atoms with E-state index in [0.29, 0.717) is 29.9 Å². The van der Waals surface area contributed by atoms with Crippen LogP contribution in [0.3, 0.4) is 0 Å². The van der Waals surface area contributed by atoms with Crippen molar-refractivity contribution in [3.8, 4) is 11.8 Å². The lowest BCUT2D eigenvalue weighted by Crippen LogP contribution is -2.43. The molecule has 5 heteroatoms. The van der Waals surface area contributed by atoms with Crippen molar-refractivity contribution in [1.82, 2.24) is 10.2 Å². The second-order valence-electron chi connectivity index (χ2n) is 6.23. The summed E-state index contributed by atoms with van der Waals surface area (Å²) in [5.74, 6) is 0.661. The summed E-state index contributed by atoms with van der Waals surface area (Å²) >= 11 is 0. The lowest BCUT2D eigenvalue weighted by atomic mass is 10.2. The molecule has 1 rings (SSSR count). The molecule has 0 radical (unpaired) electrons. The van der Waals surface area contributed by atoms with Gasteiger partial charge in [0, 0.05) is 31.7 Å². The van der Waals surface area contributed by atoms with E-state index in [1.54, 1.807) is 24.3 Å². The van der Waals surface area contributed by atoms with Crippen molar-refractivity contribution >= 4 is 0 Å². The molecule has 0 bridgehead atoms. The summed E-state index contributed by atoms with van der Waals surface area (Å²) in [5, 5.41) is 21.9. The minimum absolute atomic E-state index is 0.233. The van der Waals surface area contributed by atoms with Gasteiger partial charge in [0.15, 0.2) is 0 Å². The van der Waals surface area contributed by atoms with Crippen LogP contribution in [0.5, 0.6) is 5.75 Å². The molecule has 0 heterocycles. The van der Waals surface area contributed by atoms with Crippen molar-refractivity contribution in [2.24, 2.45) is 0 Å². The molecule has 0 aromatic heterocycles. The lowest BCUT2D eigenvalue weighted by Gasteiger charge is -2.30. The number of hydrogen-bond donors (Lipinski definition) is 2. The van der Waals surface area contributed by atoms with E-state index in [9.17, 15) is 5.11 Å². The lowest BCUT2D eigenvalue weighted by molar-refractivity contribution is 0.104. The predicted octanol–water partition coefficient (Wildman–Crippen LogP) is 2.01. The monoisotopic (exact) mass is 319 g/mol. The minimum atomic E-state index is -0.558. The van der Waals surface area contributed by atoms with Crippen LogP contribution in [-0.2, 0) is 0 Å². The number of rotatable bonds is 10. The molecule has 0 spiro atoms. The first-order valence-corrected chi connectivity index (χ1v) is 8.21. The normalized spacial score (nSPS) is 12.7. The molecular weight excluding hydrogens is 290 g/mol. The summed E-state index contributed by atoms with van der Waals surface area (Å²) in [4.78, 5) is 2.41. The predicted molar refractivity (Wildman–Crippen MR) is 92.5 cm³/mol. The largest absolute Gasteiger partial charge is 0.491 e. The molecule has 0 amide bonds. The highest BCUT2D eigenvalue weighted by Crippen LogP contribution is 2.11. The molecule has 0 fully saturated rings. The van der Waals surface area contributed by atoms with Gasteiger partial charge in [0.2, 0.25) is 0 Å². The van der Waals surface area contributed by atoms with Gasteiger partial charge in [0.25, 0.3) is 0 Å². The van der Waals surface area contributed by atoms with Crippen LogP contribution in [0.4, 0.5) is 0 Å². The zero-order valence-electron chi connectivity index (χ0n) is 14.6. The van der Waals surface area contributed by atoms with Gasteiger partial charge in [-0.1, -0.05) is 0 Å². The smallest absolute Gasteiger partial charge is 0.119 e. The number of nitrogens with one attached hydrogen (secondary N) is 1. The standard InChI is InChI=1S/C18H29N3O2/c1-14(2)21(15(3)4)10-9-20-12-17(22)13-23-18-7-5-16(11-19)6-8-18/h5-8,14-15,17,20,22H,9-10,12-13H2,1-4H3. The summed E-state index contributed by atoms with van der Waals surface area (Å²) < 4.78 is 5.51. The maximum absolute atomic E-state index is 9.94. The number of nitriles is 1. The van der Waals surface area contributed by atoms with E-state index in [1.165, 1.54) is 0 Å². The van der Waals surface area contributed by atoms with Gasteiger partial charge in [-0.05, 0) is 52.0 Å². The van der Waals surface area contributed by atoms with Crippen LogP contribution < -0.4 is 10.1 Å². The zero-order valence-corrected chi connectivity index (χ0v) is 14.6. The molecule has 0 saturated heterocycles. The number of nitrogens with zero attached hydrogens (tertiary/aromatic N) is 2. The fraction of sp³-hybridized carbons (Fsp3) is 0.611. The van der Waals surface area contributed by atoms with E-state index < -0.39 is 6.10 Å². The second kappa shape index (κ2) is 10.2. The van der Waals surface area contributed by atoms with E-state index in [2.05, 4.69) is 44.0 Å². The molecule has 128 valence electrons. The van der Waals surface area contributed by atoms with Crippen LogP contribution in [0.1, 0.15) is 33.3 Å². The van der Waals surface area contributed by atoms with Crippen molar-refractivity contribution < 1.29 is 9.84 Å². The van der Waals surface area contributed by atoms with E-state index in [-0.39, 0.29) is 6.61 Å². The van der Waals surface area contributed by atoms with E-state index in [4.69, 9.17) is 10.00 Å². The Kier molecular flexibility index (Phi) is 8.64. The Labute approximate surface area is 139 Å². The third-order valence-corrected chi connectivity index (χ3v) is 3.68. The topological polar surface area (TPSA) is 68.5 Å². The fourth-order valence-corrected chi connectivity index (χ4v) is 2.47. The summed E-state index contributed by atoms with van der Waals surface area (Å²) in [5.41, 5.74) is 0.597. The van der Waals surface area contributed by atoms with Crippen molar-refractivity contribution in [3.05, 3.63) is 29.8 Å². The second-order valence-corrected chi connectivity index (χ2v) is 6.23. The summed E-state index contributed by atoms with van der Waals surface area (Å²) in [6, 6.07) is 9.97. The van der Waals surface area contributed by atoms with E-state index in [1.807, 2.05) is 0 Å². The Hall–Kier alpha value is -1.61. The van der Waals surface area contributed by atoms with E-state index >= 15 is 0 Å². The van der Waals surface area contributed by atoms with Crippen molar-refractivity contribution in [1.29, 1.82) is 5.26 Å². The Morgan fingerprint density at radius 1 is 1.17 bits per heavy atom. The molecule has 0 aliphatic rings. The number of aliphatic hydroxyl groups excluding tert-OH is 1. The molecule has 5 nitrogen and oxygen atoms in total. The highest BCUT2D eigenvalue weighted by molar-refractivity contribution is 5.34. The number of hydrogen-bond acceptors (Lipinski definition) is 5. The Balaban J connectivity index is 2.21. The van der Waals surface area contributed by atoms with Gasteiger partial charge >= 0.3 is 0 Å². The molecule has 1 atom stereocenters. The SMILES string of the molecule is CC(C)N(CCNCC(O)COc1ccc(C#N)cc1)C(C)C. The molecule has 0 aliphatic carbocycles. The maximum atomic E-state index is 9.94. The third-order valence-electron chi connectivity index (χ3n) is 3.68. The number of ether oxygens (including phenoxy) is 1. The molecule has 23 heavy (non-hydrogen) atoms. The first-order valence-electron chi connectivity index (χ1n) is 8.21. The van der Waals surface area contributed by atoms with Crippen molar-refractivity contribution in [2.45, 2.75) is 45.9 Å². The first kappa shape index (κ1) is 19.4. The van der Waals surface area contributed by atoms with Gasteiger partial charge in [0.05, 0.1) is 11.6 Å². The summed E-state index contributed by atoms with van der Waals surface area (Å²) in [6.07, 6.45) is -0.558. The van der Waals surface area contributed by atoms with Gasteiger partial charge in [-0.3, -0.25) is 4.90 Å². The van der Waals surface area contributed by atoms with Crippen LogP contribution in [0.25, 0.3) is 0 Å². The van der Waals surface area contributed by atoms with Gasteiger partial charge in [-0.25, -0.2) is 0 Å². The van der Waals surface area contributed by atoms with Crippen LogP contribution in [0.2, 0.25) is 0 Å². The van der Waals surface area contributed by atoms with E-state index in [0.717, 1.165) is 13.1 Å². The fourth-order valence-electron chi connectivity index (χ4n) is 2.47. The average Bonchev–Trinajstić information content (AvgIpc) is 2.52. The summed E-state index contributed by atoms with van der Waals surface area (Å²) in [6.45, 7) is 11.3. The summed E-state index contributed by atoms with van der Waals surface area (Å²) in [7, 11) is 0. The highest BCUT2D eigenvalue weighted by atomic mass is 16.5. The van der Waals surface area contributed by atoms with Crippen LogP contribution in [-0.4, -0.2) is 54.4 Å². The van der Waals surface area contributed by atoms with Crippen molar-refractivity contribution in [3.63, 3.8) is 0 Å². The van der Waals surface area contributed by atoms with Gasteiger partial charge in [-0.15, -0.1) is 0 Å². The zero-order chi connectivity index (χ0) is 17.2. The minimum Gasteiger partial charge on any atom is -0.491 e. The maximum Gasteiger partial charge on any atom is 0.119 e. The first-order chi connectivity index (χ1) is 10.9. The molecule has 0 aliphatic heterocycles. The third kappa shape index (κ3) is 7.47. The average molecular weight is 319 g/mol. The Bertz CT molecular complexity index is 472. The van der Waals surface area contributed by atoms with Crippen LogP contribution >= 0.6 is 0 Å². The molecule has 1 aromatic rings. The van der Waals surface area contributed by atoms with Gasteiger partial charge < -0.3 is 15.2 Å². The number of benzene rings is 1. The highest BCUT2D eigenvalue weighted by Gasteiger charge is 2.12. The molecule has 2 N–H and O–H groups in total. The molecular formula is C18H29N3O2. The van der Waals surface area contributed by atoms with Crippen LogP contribution in [0.15, 0.2) is 24.3 Å². The molecule has 1 aromatic carbocycles. The number of aliphatic hydroxyl groups is 1. The molecule has 0 saturated carbocycles. The Morgan fingerprint density at radius 2 is 1.78 bits per heavy atom. The Morgan fingerprint density at radius 3 is 2.30 bits per heavy atom.